The van der Waals surface area contributed by atoms with E-state index in [9.17, 15) is 4.79 Å². The molecule has 0 fully saturated rings. The van der Waals surface area contributed by atoms with Gasteiger partial charge < -0.3 is 10.6 Å². The molecular formula is C11H24N2O. The molecule has 0 aliphatic heterocycles. The highest BCUT2D eigenvalue weighted by molar-refractivity contribution is 5.81. The van der Waals surface area contributed by atoms with Gasteiger partial charge in [-0.15, -0.1) is 0 Å². The Bertz CT molecular complexity index is 148. The van der Waals surface area contributed by atoms with Crippen molar-refractivity contribution in [3.8, 4) is 0 Å². The molecule has 0 heterocycles. The molecule has 1 unspecified atom stereocenters. The molecule has 0 rings (SSSR count). The maximum absolute atomic E-state index is 11.2. The van der Waals surface area contributed by atoms with E-state index in [0.717, 1.165) is 38.9 Å². The van der Waals surface area contributed by atoms with E-state index in [0.29, 0.717) is 0 Å². The van der Waals surface area contributed by atoms with Crippen LogP contribution in [0.15, 0.2) is 0 Å². The van der Waals surface area contributed by atoms with Gasteiger partial charge in [0.2, 0.25) is 0 Å². The molecule has 14 heavy (non-hydrogen) atoms. The number of carbonyl (C=O) groups is 1. The van der Waals surface area contributed by atoms with Crippen LogP contribution < -0.4 is 10.6 Å². The molecule has 0 bridgehead atoms. The fraction of sp³-hybridized carbons (Fsp3) is 0.909. The van der Waals surface area contributed by atoms with Gasteiger partial charge in [-0.1, -0.05) is 20.3 Å². The molecular weight excluding hydrogens is 176 g/mol. The van der Waals surface area contributed by atoms with Crippen LogP contribution in [0.2, 0.25) is 0 Å². The Kier molecular flexibility index (Phi) is 8.89. The zero-order chi connectivity index (χ0) is 10.8. The second kappa shape index (κ2) is 9.16. The topological polar surface area (TPSA) is 41.1 Å². The summed E-state index contributed by atoms with van der Waals surface area (Å²) in [7, 11) is 0. The molecule has 0 aromatic heterocycles. The summed E-state index contributed by atoms with van der Waals surface area (Å²) < 4.78 is 0. The SMILES string of the molecule is CCNCCCCC(NCC)C(C)=O. The van der Waals surface area contributed by atoms with Crippen molar-refractivity contribution in [2.45, 2.75) is 46.1 Å². The Morgan fingerprint density at radius 3 is 2.43 bits per heavy atom. The standard InChI is InChI=1S/C11H24N2O/c1-4-12-9-7-6-8-11(10(3)14)13-5-2/h11-13H,4-9H2,1-3H3. The maximum atomic E-state index is 11.2. The van der Waals surface area contributed by atoms with E-state index in [4.69, 9.17) is 0 Å². The summed E-state index contributed by atoms with van der Waals surface area (Å²) in [5.74, 6) is 0.260. The zero-order valence-electron chi connectivity index (χ0n) is 9.73. The number of nitrogens with one attached hydrogen (secondary N) is 2. The summed E-state index contributed by atoms with van der Waals surface area (Å²) in [5, 5.41) is 6.48. The largest absolute Gasteiger partial charge is 0.317 e. The minimum absolute atomic E-state index is 0.0710. The average molecular weight is 200 g/mol. The van der Waals surface area contributed by atoms with Crippen LogP contribution in [0.1, 0.15) is 40.0 Å². The van der Waals surface area contributed by atoms with Crippen LogP contribution in [-0.2, 0) is 4.79 Å². The predicted molar refractivity (Wildman–Crippen MR) is 60.5 cm³/mol. The van der Waals surface area contributed by atoms with Gasteiger partial charge in [-0.2, -0.15) is 0 Å². The summed E-state index contributed by atoms with van der Waals surface area (Å²) in [4.78, 5) is 11.2. The van der Waals surface area contributed by atoms with Crippen LogP contribution in [-0.4, -0.2) is 31.5 Å². The quantitative estimate of drug-likeness (QED) is 0.552. The Balaban J connectivity index is 3.46. The Morgan fingerprint density at radius 1 is 1.21 bits per heavy atom. The molecule has 0 radical (unpaired) electrons. The van der Waals surface area contributed by atoms with Gasteiger partial charge in [0.05, 0.1) is 6.04 Å². The Hall–Kier alpha value is -0.410. The van der Waals surface area contributed by atoms with Gasteiger partial charge in [-0.3, -0.25) is 4.79 Å². The average Bonchev–Trinajstić information content (AvgIpc) is 2.15. The van der Waals surface area contributed by atoms with Crippen molar-refractivity contribution in [1.82, 2.24) is 10.6 Å². The maximum Gasteiger partial charge on any atom is 0.146 e. The molecule has 2 N–H and O–H groups in total. The monoisotopic (exact) mass is 200 g/mol. The summed E-state index contributed by atoms with van der Waals surface area (Å²) in [6.07, 6.45) is 3.24. The van der Waals surface area contributed by atoms with Crippen LogP contribution in [0.4, 0.5) is 0 Å². The minimum Gasteiger partial charge on any atom is -0.317 e. The van der Waals surface area contributed by atoms with Crippen molar-refractivity contribution < 1.29 is 4.79 Å². The van der Waals surface area contributed by atoms with Crippen molar-refractivity contribution in [3.63, 3.8) is 0 Å². The number of unbranched alkanes of at least 4 members (excludes halogenated alkanes) is 1. The number of ketones is 1. The molecule has 0 spiro atoms. The summed E-state index contributed by atoms with van der Waals surface area (Å²) in [6.45, 7) is 8.78. The minimum atomic E-state index is 0.0710. The molecule has 3 heteroatoms. The summed E-state index contributed by atoms with van der Waals surface area (Å²) in [5.41, 5.74) is 0. The molecule has 0 amide bonds. The Labute approximate surface area is 87.6 Å². The number of carbonyl (C=O) groups excluding carboxylic acids is 1. The van der Waals surface area contributed by atoms with Crippen molar-refractivity contribution in [2.75, 3.05) is 19.6 Å². The van der Waals surface area contributed by atoms with Gasteiger partial charge in [0.25, 0.3) is 0 Å². The fourth-order valence-electron chi connectivity index (χ4n) is 1.47. The number of rotatable bonds is 9. The van der Waals surface area contributed by atoms with E-state index < -0.39 is 0 Å². The lowest BCUT2D eigenvalue weighted by Gasteiger charge is -2.14. The van der Waals surface area contributed by atoms with E-state index in [1.165, 1.54) is 0 Å². The third-order valence-electron chi connectivity index (χ3n) is 2.29. The van der Waals surface area contributed by atoms with Crippen molar-refractivity contribution in [3.05, 3.63) is 0 Å². The van der Waals surface area contributed by atoms with Crippen molar-refractivity contribution in [1.29, 1.82) is 0 Å². The number of hydrogen-bond acceptors (Lipinski definition) is 3. The van der Waals surface area contributed by atoms with E-state index in [2.05, 4.69) is 17.6 Å². The Morgan fingerprint density at radius 2 is 1.93 bits per heavy atom. The fourth-order valence-corrected chi connectivity index (χ4v) is 1.47. The second-order valence-electron chi connectivity index (χ2n) is 3.57. The molecule has 0 aliphatic rings. The first-order chi connectivity index (χ1) is 6.72. The van der Waals surface area contributed by atoms with Crippen molar-refractivity contribution in [2.24, 2.45) is 0 Å². The van der Waals surface area contributed by atoms with Crippen LogP contribution in [0.25, 0.3) is 0 Å². The van der Waals surface area contributed by atoms with Crippen LogP contribution >= 0.6 is 0 Å². The molecule has 1 atom stereocenters. The van der Waals surface area contributed by atoms with Gasteiger partial charge in [-0.05, 0) is 39.4 Å². The number of hydrogen-bond donors (Lipinski definition) is 2. The van der Waals surface area contributed by atoms with E-state index in [1.54, 1.807) is 6.92 Å². The van der Waals surface area contributed by atoms with Gasteiger partial charge in [0.15, 0.2) is 0 Å². The highest BCUT2D eigenvalue weighted by atomic mass is 16.1. The molecule has 84 valence electrons. The molecule has 0 aromatic carbocycles. The third kappa shape index (κ3) is 7.04. The third-order valence-corrected chi connectivity index (χ3v) is 2.29. The number of Topliss-reactive ketones (excluding diaryl/α,β-unsaturated/α-hetero) is 1. The lowest BCUT2D eigenvalue weighted by Crippen LogP contribution is -2.35. The number of likely N-dealkylation sites (N-methyl/N-ethyl adjacent to an activating group) is 1. The highest BCUT2D eigenvalue weighted by Crippen LogP contribution is 2.01. The van der Waals surface area contributed by atoms with E-state index >= 15 is 0 Å². The smallest absolute Gasteiger partial charge is 0.146 e. The van der Waals surface area contributed by atoms with E-state index in [1.807, 2.05) is 6.92 Å². The zero-order valence-corrected chi connectivity index (χ0v) is 9.73. The van der Waals surface area contributed by atoms with Crippen LogP contribution in [0.3, 0.4) is 0 Å². The molecule has 0 saturated heterocycles. The first-order valence-corrected chi connectivity index (χ1v) is 5.66. The van der Waals surface area contributed by atoms with Crippen molar-refractivity contribution >= 4 is 5.78 Å². The van der Waals surface area contributed by atoms with E-state index in [-0.39, 0.29) is 11.8 Å². The first-order valence-electron chi connectivity index (χ1n) is 5.66. The summed E-state index contributed by atoms with van der Waals surface area (Å²) in [6, 6.07) is 0.0710. The highest BCUT2D eigenvalue weighted by Gasteiger charge is 2.10. The predicted octanol–water partition coefficient (Wildman–Crippen LogP) is 1.33. The summed E-state index contributed by atoms with van der Waals surface area (Å²) >= 11 is 0. The lowest BCUT2D eigenvalue weighted by molar-refractivity contribution is -0.119. The first kappa shape index (κ1) is 13.6. The van der Waals surface area contributed by atoms with Gasteiger partial charge in [0, 0.05) is 0 Å². The van der Waals surface area contributed by atoms with Crippen LogP contribution in [0, 0.1) is 0 Å². The normalized spacial score (nSPS) is 12.8. The second-order valence-corrected chi connectivity index (χ2v) is 3.57. The lowest BCUT2D eigenvalue weighted by atomic mass is 10.1. The van der Waals surface area contributed by atoms with Gasteiger partial charge in [0.1, 0.15) is 5.78 Å². The van der Waals surface area contributed by atoms with Gasteiger partial charge >= 0.3 is 0 Å². The van der Waals surface area contributed by atoms with Gasteiger partial charge in [-0.25, -0.2) is 0 Å². The van der Waals surface area contributed by atoms with Crippen LogP contribution in [0.5, 0.6) is 0 Å². The molecule has 0 aliphatic carbocycles. The molecule has 3 nitrogen and oxygen atoms in total. The molecule has 0 aromatic rings. The molecule has 0 saturated carbocycles.